The van der Waals surface area contributed by atoms with Crippen LogP contribution in [-0.2, 0) is 0 Å². The van der Waals surface area contributed by atoms with Gasteiger partial charge in [0, 0.05) is 5.54 Å². The van der Waals surface area contributed by atoms with Crippen molar-refractivity contribution in [3.63, 3.8) is 0 Å². The average Bonchev–Trinajstić information content (AvgIpc) is 2.30. The Kier molecular flexibility index (Phi) is 4.94. The summed E-state index contributed by atoms with van der Waals surface area (Å²) in [6.45, 7) is 7.95. The van der Waals surface area contributed by atoms with Gasteiger partial charge in [-0.15, -0.1) is 0 Å². The van der Waals surface area contributed by atoms with Crippen LogP contribution in [0.4, 0.5) is 0 Å². The van der Waals surface area contributed by atoms with E-state index < -0.39 is 0 Å². The maximum absolute atomic E-state index is 3.59. The molecule has 0 unspecified atom stereocenters. The maximum Gasteiger partial charge on any atom is 0.00965 e. The van der Waals surface area contributed by atoms with Crippen molar-refractivity contribution in [2.24, 2.45) is 5.92 Å². The molecule has 0 aromatic rings. The fourth-order valence-corrected chi connectivity index (χ4v) is 2.30. The second kappa shape index (κ2) is 5.75. The first-order valence-electron chi connectivity index (χ1n) is 6.33. The molecule has 0 radical (unpaired) electrons. The highest BCUT2D eigenvalue weighted by atomic mass is 14.9. The van der Waals surface area contributed by atoms with Crippen molar-refractivity contribution in [2.75, 3.05) is 6.54 Å². The molecule has 1 N–H and O–H groups in total. The van der Waals surface area contributed by atoms with Gasteiger partial charge >= 0.3 is 0 Å². The zero-order valence-corrected chi connectivity index (χ0v) is 10.2. The Bertz CT molecular complexity index is 138. The fraction of sp³-hybridized carbons (Fsp3) is 1.00. The van der Waals surface area contributed by atoms with Crippen molar-refractivity contribution in [2.45, 2.75) is 71.3 Å². The van der Waals surface area contributed by atoms with Gasteiger partial charge < -0.3 is 5.32 Å². The molecular formula is C13H27N. The summed E-state index contributed by atoms with van der Waals surface area (Å²) in [5.74, 6) is 1.01. The fourth-order valence-electron chi connectivity index (χ4n) is 2.30. The van der Waals surface area contributed by atoms with Crippen LogP contribution in [0.25, 0.3) is 0 Å². The summed E-state index contributed by atoms with van der Waals surface area (Å²) in [6, 6.07) is 0. The van der Waals surface area contributed by atoms with E-state index in [0.29, 0.717) is 5.54 Å². The Labute approximate surface area is 89.7 Å². The van der Waals surface area contributed by atoms with Crippen molar-refractivity contribution in [1.82, 2.24) is 5.32 Å². The molecule has 0 amide bonds. The van der Waals surface area contributed by atoms with Crippen LogP contribution in [0.1, 0.15) is 65.7 Å². The van der Waals surface area contributed by atoms with Crippen LogP contribution >= 0.6 is 0 Å². The summed E-state index contributed by atoms with van der Waals surface area (Å²) in [6.07, 6.45) is 10.2. The Balaban J connectivity index is 2.10. The third-order valence-corrected chi connectivity index (χ3v) is 3.18. The quantitative estimate of drug-likeness (QED) is 0.680. The van der Waals surface area contributed by atoms with Gasteiger partial charge in [-0.1, -0.05) is 38.5 Å². The highest BCUT2D eigenvalue weighted by Crippen LogP contribution is 2.25. The van der Waals surface area contributed by atoms with E-state index in [-0.39, 0.29) is 0 Å². The Morgan fingerprint density at radius 3 is 2.07 bits per heavy atom. The molecule has 14 heavy (non-hydrogen) atoms. The van der Waals surface area contributed by atoms with Crippen LogP contribution in [-0.4, -0.2) is 12.1 Å². The highest BCUT2D eigenvalue weighted by molar-refractivity contribution is 4.72. The normalized spacial score (nSPS) is 20.8. The van der Waals surface area contributed by atoms with Crippen LogP contribution in [0, 0.1) is 5.92 Å². The standard InChI is InChI=1S/C13H27N/c1-13(2,3)14-11-10-12-8-6-4-5-7-9-12/h12,14H,4-11H2,1-3H3. The second-order valence-corrected chi connectivity index (χ2v) is 5.82. The first kappa shape index (κ1) is 12.0. The molecule has 1 fully saturated rings. The second-order valence-electron chi connectivity index (χ2n) is 5.82. The van der Waals surface area contributed by atoms with Gasteiger partial charge in [-0.05, 0) is 39.7 Å². The summed E-state index contributed by atoms with van der Waals surface area (Å²) in [5.41, 5.74) is 0.296. The monoisotopic (exact) mass is 197 g/mol. The number of hydrogen-bond donors (Lipinski definition) is 1. The van der Waals surface area contributed by atoms with Crippen molar-refractivity contribution < 1.29 is 0 Å². The highest BCUT2D eigenvalue weighted by Gasteiger charge is 2.13. The molecule has 1 saturated carbocycles. The van der Waals surface area contributed by atoms with Gasteiger partial charge in [0.25, 0.3) is 0 Å². The van der Waals surface area contributed by atoms with Crippen molar-refractivity contribution >= 4 is 0 Å². The van der Waals surface area contributed by atoms with Crippen molar-refractivity contribution in [3.05, 3.63) is 0 Å². The van der Waals surface area contributed by atoms with Crippen LogP contribution in [0.2, 0.25) is 0 Å². The molecule has 1 nitrogen and oxygen atoms in total. The topological polar surface area (TPSA) is 12.0 Å². The minimum absolute atomic E-state index is 0.296. The SMILES string of the molecule is CC(C)(C)NCCC1CCCCCC1. The molecular weight excluding hydrogens is 170 g/mol. The van der Waals surface area contributed by atoms with Crippen LogP contribution < -0.4 is 5.32 Å². The zero-order valence-electron chi connectivity index (χ0n) is 10.2. The number of hydrogen-bond acceptors (Lipinski definition) is 1. The molecule has 0 spiro atoms. The Morgan fingerprint density at radius 2 is 1.57 bits per heavy atom. The van der Waals surface area contributed by atoms with Gasteiger partial charge in [0.2, 0.25) is 0 Å². The third kappa shape index (κ3) is 5.64. The molecule has 0 aromatic heterocycles. The minimum Gasteiger partial charge on any atom is -0.312 e. The smallest absolute Gasteiger partial charge is 0.00965 e. The van der Waals surface area contributed by atoms with Gasteiger partial charge in [-0.2, -0.15) is 0 Å². The van der Waals surface area contributed by atoms with Gasteiger partial charge in [-0.25, -0.2) is 0 Å². The molecule has 1 heteroatoms. The van der Waals surface area contributed by atoms with E-state index in [0.717, 1.165) is 5.92 Å². The van der Waals surface area contributed by atoms with E-state index in [1.165, 1.54) is 51.5 Å². The summed E-state index contributed by atoms with van der Waals surface area (Å²) in [5, 5.41) is 3.59. The molecule has 0 aliphatic heterocycles. The molecule has 0 aromatic carbocycles. The van der Waals surface area contributed by atoms with Gasteiger partial charge in [0.05, 0.1) is 0 Å². The van der Waals surface area contributed by atoms with Gasteiger partial charge in [-0.3, -0.25) is 0 Å². The largest absolute Gasteiger partial charge is 0.312 e. The lowest BCUT2D eigenvalue weighted by Gasteiger charge is -2.22. The van der Waals surface area contributed by atoms with E-state index in [1.807, 2.05) is 0 Å². The lowest BCUT2D eigenvalue weighted by molar-refractivity contribution is 0.364. The summed E-state index contributed by atoms with van der Waals surface area (Å²) in [7, 11) is 0. The minimum atomic E-state index is 0.296. The molecule has 0 heterocycles. The molecule has 84 valence electrons. The molecule has 1 aliphatic carbocycles. The Morgan fingerprint density at radius 1 is 1.00 bits per heavy atom. The van der Waals surface area contributed by atoms with Gasteiger partial charge in [0.15, 0.2) is 0 Å². The maximum atomic E-state index is 3.59. The summed E-state index contributed by atoms with van der Waals surface area (Å²) >= 11 is 0. The van der Waals surface area contributed by atoms with Crippen LogP contribution in [0.5, 0.6) is 0 Å². The lowest BCUT2D eigenvalue weighted by atomic mass is 9.96. The molecule has 0 bridgehead atoms. The molecule has 1 rings (SSSR count). The predicted molar refractivity (Wildman–Crippen MR) is 63.6 cm³/mol. The van der Waals surface area contributed by atoms with E-state index in [1.54, 1.807) is 0 Å². The van der Waals surface area contributed by atoms with Gasteiger partial charge in [0.1, 0.15) is 0 Å². The molecule has 0 saturated heterocycles. The van der Waals surface area contributed by atoms with Crippen LogP contribution in [0.3, 0.4) is 0 Å². The first-order chi connectivity index (χ1) is 6.58. The number of rotatable bonds is 3. The van der Waals surface area contributed by atoms with Crippen molar-refractivity contribution in [3.8, 4) is 0 Å². The molecule has 0 atom stereocenters. The third-order valence-electron chi connectivity index (χ3n) is 3.18. The van der Waals surface area contributed by atoms with E-state index in [9.17, 15) is 0 Å². The summed E-state index contributed by atoms with van der Waals surface area (Å²) < 4.78 is 0. The van der Waals surface area contributed by atoms with E-state index in [2.05, 4.69) is 26.1 Å². The zero-order chi connectivity index (χ0) is 10.4. The lowest BCUT2D eigenvalue weighted by Crippen LogP contribution is -2.37. The first-order valence-corrected chi connectivity index (χ1v) is 6.33. The van der Waals surface area contributed by atoms with Crippen LogP contribution in [0.15, 0.2) is 0 Å². The van der Waals surface area contributed by atoms with E-state index in [4.69, 9.17) is 0 Å². The van der Waals surface area contributed by atoms with E-state index >= 15 is 0 Å². The summed E-state index contributed by atoms with van der Waals surface area (Å²) in [4.78, 5) is 0. The molecule has 1 aliphatic rings. The number of nitrogens with one attached hydrogen (secondary N) is 1. The van der Waals surface area contributed by atoms with Crippen molar-refractivity contribution in [1.29, 1.82) is 0 Å². The average molecular weight is 197 g/mol. The predicted octanol–water partition coefficient (Wildman–Crippen LogP) is 3.74. The Hall–Kier alpha value is -0.0400.